The van der Waals surface area contributed by atoms with Crippen molar-refractivity contribution in [2.45, 2.75) is 0 Å². The lowest BCUT2D eigenvalue weighted by Gasteiger charge is -2.04. The quantitative estimate of drug-likeness (QED) is 0.676. The van der Waals surface area contributed by atoms with Gasteiger partial charge in [0.2, 0.25) is 0 Å². The summed E-state index contributed by atoms with van der Waals surface area (Å²) in [4.78, 5) is 4.21. The number of aromatic nitrogens is 2. The summed E-state index contributed by atoms with van der Waals surface area (Å²) in [6, 6.07) is 9.73. The molecule has 13 heavy (non-hydrogen) atoms. The molecule has 0 saturated carbocycles. The van der Waals surface area contributed by atoms with Crippen LogP contribution in [0.2, 0.25) is 0 Å². The van der Waals surface area contributed by atoms with Gasteiger partial charge in [0.1, 0.15) is 0 Å². The van der Waals surface area contributed by atoms with Crippen LogP contribution in [0, 0.1) is 0 Å². The van der Waals surface area contributed by atoms with Gasteiger partial charge in [0.25, 0.3) is 0 Å². The number of hydrogen-bond acceptors (Lipinski definition) is 1. The highest BCUT2D eigenvalue weighted by molar-refractivity contribution is 5.60. The van der Waals surface area contributed by atoms with E-state index in [9.17, 15) is 0 Å². The van der Waals surface area contributed by atoms with Crippen molar-refractivity contribution < 1.29 is 0 Å². The molecule has 0 bridgehead atoms. The molecular formula is C11H10N2. The molecule has 2 heterocycles. The Labute approximate surface area is 77.2 Å². The van der Waals surface area contributed by atoms with Crippen molar-refractivity contribution in [3.63, 3.8) is 0 Å². The van der Waals surface area contributed by atoms with E-state index < -0.39 is 0 Å². The molecule has 0 atom stereocenters. The van der Waals surface area contributed by atoms with Gasteiger partial charge in [-0.05, 0) is 24.3 Å². The van der Waals surface area contributed by atoms with Crippen molar-refractivity contribution in [1.29, 1.82) is 0 Å². The lowest BCUT2D eigenvalue weighted by atomic mass is 10.3. The van der Waals surface area contributed by atoms with Crippen molar-refractivity contribution in [3.8, 4) is 0 Å². The molecule has 0 saturated heterocycles. The number of nitrogens with zero attached hydrogens (tertiary/aromatic N) is 2. The van der Waals surface area contributed by atoms with Gasteiger partial charge in [0.15, 0.2) is 0 Å². The highest BCUT2D eigenvalue weighted by Gasteiger charge is 1.99. The Balaban J connectivity index is 2.34. The highest BCUT2D eigenvalue weighted by Crippen LogP contribution is 2.11. The van der Waals surface area contributed by atoms with E-state index in [0.29, 0.717) is 0 Å². The third kappa shape index (κ3) is 1.51. The van der Waals surface area contributed by atoms with Gasteiger partial charge in [-0.15, -0.1) is 0 Å². The van der Waals surface area contributed by atoms with Gasteiger partial charge in [0, 0.05) is 18.6 Å². The second-order valence-electron chi connectivity index (χ2n) is 2.75. The molecule has 0 radical (unpaired) electrons. The second kappa shape index (κ2) is 3.27. The van der Waals surface area contributed by atoms with E-state index in [1.54, 1.807) is 6.20 Å². The number of hydrogen-bond donors (Lipinski definition) is 0. The first-order valence-corrected chi connectivity index (χ1v) is 4.11. The first kappa shape index (κ1) is 7.80. The largest absolute Gasteiger partial charge is 0.322 e. The third-order valence-corrected chi connectivity index (χ3v) is 1.88. The average molecular weight is 170 g/mol. The molecule has 2 aromatic rings. The number of pyridine rings is 1. The van der Waals surface area contributed by atoms with Gasteiger partial charge in [-0.2, -0.15) is 0 Å². The SMILES string of the molecule is C=C(c1ccccn1)n1cccc1. The molecule has 0 spiro atoms. The van der Waals surface area contributed by atoms with E-state index in [1.165, 1.54) is 0 Å². The maximum absolute atomic E-state index is 4.21. The molecule has 2 nitrogen and oxygen atoms in total. The van der Waals surface area contributed by atoms with Crippen molar-refractivity contribution in [3.05, 3.63) is 61.2 Å². The summed E-state index contributed by atoms with van der Waals surface area (Å²) in [5.41, 5.74) is 1.80. The Morgan fingerprint density at radius 3 is 2.54 bits per heavy atom. The van der Waals surface area contributed by atoms with E-state index in [4.69, 9.17) is 0 Å². The minimum Gasteiger partial charge on any atom is -0.322 e. The van der Waals surface area contributed by atoms with E-state index in [-0.39, 0.29) is 0 Å². The normalized spacial score (nSPS) is 9.85. The fraction of sp³-hybridized carbons (Fsp3) is 0. The topological polar surface area (TPSA) is 17.8 Å². The standard InChI is InChI=1S/C11H10N2/c1-10(13-8-4-5-9-13)11-6-2-3-7-12-11/h2-9H,1H2. The Kier molecular flexibility index (Phi) is 1.96. The summed E-state index contributed by atoms with van der Waals surface area (Å²) in [6.45, 7) is 3.97. The Hall–Kier alpha value is -1.83. The minimum absolute atomic E-state index is 0.894. The molecule has 0 fully saturated rings. The molecular weight excluding hydrogens is 160 g/mol. The molecule has 0 aliphatic carbocycles. The lowest BCUT2D eigenvalue weighted by Crippen LogP contribution is -1.95. The zero-order valence-corrected chi connectivity index (χ0v) is 7.22. The van der Waals surface area contributed by atoms with E-state index in [0.717, 1.165) is 11.4 Å². The van der Waals surface area contributed by atoms with Gasteiger partial charge in [-0.3, -0.25) is 4.98 Å². The zero-order valence-electron chi connectivity index (χ0n) is 7.22. The first-order chi connectivity index (χ1) is 6.38. The van der Waals surface area contributed by atoms with Crippen LogP contribution >= 0.6 is 0 Å². The molecule has 2 aromatic heterocycles. The van der Waals surface area contributed by atoms with Crippen molar-refractivity contribution >= 4 is 5.70 Å². The summed E-state index contributed by atoms with van der Waals surface area (Å²) in [7, 11) is 0. The first-order valence-electron chi connectivity index (χ1n) is 4.11. The molecule has 64 valence electrons. The van der Waals surface area contributed by atoms with Crippen molar-refractivity contribution in [1.82, 2.24) is 9.55 Å². The van der Waals surface area contributed by atoms with E-state index >= 15 is 0 Å². The summed E-state index contributed by atoms with van der Waals surface area (Å²) >= 11 is 0. The summed E-state index contributed by atoms with van der Waals surface area (Å²) < 4.78 is 1.95. The van der Waals surface area contributed by atoms with Gasteiger partial charge >= 0.3 is 0 Å². The zero-order chi connectivity index (χ0) is 9.10. The smallest absolute Gasteiger partial charge is 0.0863 e. The highest BCUT2D eigenvalue weighted by atomic mass is 15.0. The summed E-state index contributed by atoms with van der Waals surface area (Å²) in [6.07, 6.45) is 5.68. The van der Waals surface area contributed by atoms with Crippen molar-refractivity contribution in [2.75, 3.05) is 0 Å². The van der Waals surface area contributed by atoms with Gasteiger partial charge < -0.3 is 4.57 Å². The predicted molar refractivity (Wildman–Crippen MR) is 53.1 cm³/mol. The Morgan fingerprint density at radius 2 is 1.92 bits per heavy atom. The third-order valence-electron chi connectivity index (χ3n) is 1.88. The molecule has 0 aliphatic rings. The van der Waals surface area contributed by atoms with E-state index in [2.05, 4.69) is 11.6 Å². The Morgan fingerprint density at radius 1 is 1.15 bits per heavy atom. The molecule has 0 aromatic carbocycles. The van der Waals surface area contributed by atoms with Crippen molar-refractivity contribution in [2.24, 2.45) is 0 Å². The van der Waals surface area contributed by atoms with Gasteiger partial charge in [-0.1, -0.05) is 12.6 Å². The molecule has 2 heteroatoms. The van der Waals surface area contributed by atoms with Crippen LogP contribution in [0.3, 0.4) is 0 Å². The fourth-order valence-electron chi connectivity index (χ4n) is 1.18. The maximum Gasteiger partial charge on any atom is 0.0863 e. The van der Waals surface area contributed by atoms with Crippen LogP contribution in [-0.2, 0) is 0 Å². The van der Waals surface area contributed by atoms with E-state index in [1.807, 2.05) is 47.3 Å². The number of rotatable bonds is 2. The van der Waals surface area contributed by atoms with Crippen LogP contribution in [0.1, 0.15) is 5.69 Å². The fourth-order valence-corrected chi connectivity index (χ4v) is 1.18. The average Bonchev–Trinajstić information content (AvgIpc) is 2.71. The monoisotopic (exact) mass is 170 g/mol. The molecule has 0 amide bonds. The van der Waals surface area contributed by atoms with Crippen LogP contribution in [0.4, 0.5) is 0 Å². The van der Waals surface area contributed by atoms with Crippen LogP contribution in [0.15, 0.2) is 55.5 Å². The molecule has 2 rings (SSSR count). The lowest BCUT2D eigenvalue weighted by molar-refractivity contribution is 1.09. The van der Waals surface area contributed by atoms with Gasteiger partial charge in [-0.25, -0.2) is 0 Å². The predicted octanol–water partition coefficient (Wildman–Crippen LogP) is 2.40. The molecule has 0 aliphatic heterocycles. The van der Waals surface area contributed by atoms with Crippen LogP contribution in [-0.4, -0.2) is 9.55 Å². The second-order valence-corrected chi connectivity index (χ2v) is 2.75. The summed E-state index contributed by atoms with van der Waals surface area (Å²) in [5.74, 6) is 0. The van der Waals surface area contributed by atoms with Crippen LogP contribution < -0.4 is 0 Å². The minimum atomic E-state index is 0.894. The van der Waals surface area contributed by atoms with Crippen LogP contribution in [0.5, 0.6) is 0 Å². The maximum atomic E-state index is 4.21. The Bertz CT molecular complexity index is 387. The molecule has 0 unspecified atom stereocenters. The van der Waals surface area contributed by atoms with Crippen LogP contribution in [0.25, 0.3) is 5.70 Å². The molecule has 0 N–H and O–H groups in total. The van der Waals surface area contributed by atoms with Gasteiger partial charge in [0.05, 0.1) is 11.4 Å². The summed E-state index contributed by atoms with van der Waals surface area (Å²) in [5, 5.41) is 0.